The lowest BCUT2D eigenvalue weighted by molar-refractivity contribution is 0.341. The molecule has 0 spiro atoms. The molecule has 0 aliphatic rings. The lowest BCUT2D eigenvalue weighted by Gasteiger charge is -2.19. The topological polar surface area (TPSA) is 20.2 Å². The summed E-state index contributed by atoms with van der Waals surface area (Å²) in [6.07, 6.45) is 0. The Hall–Kier alpha value is 0.0300. The zero-order valence-corrected chi connectivity index (χ0v) is 3.30. The van der Waals surface area contributed by atoms with Gasteiger partial charge in [-0.2, -0.15) is 0 Å². The van der Waals surface area contributed by atoms with Crippen LogP contribution in [0.5, 0.6) is 0 Å². The predicted molar refractivity (Wildman–Crippen MR) is 16.0 cm³/mol. The van der Waals surface area contributed by atoms with E-state index in [9.17, 15) is 15.5 Å². The van der Waals surface area contributed by atoms with E-state index < -0.39 is 11.0 Å². The summed E-state index contributed by atoms with van der Waals surface area (Å²) < 4.78 is 46.7. The van der Waals surface area contributed by atoms with E-state index in [4.69, 9.17) is 4.55 Å². The highest BCUT2D eigenvalue weighted by Crippen LogP contribution is 2.72. The van der Waals surface area contributed by atoms with Gasteiger partial charge in [0.1, 0.15) is 0 Å². The van der Waals surface area contributed by atoms with Crippen LogP contribution in [0.3, 0.4) is 0 Å². The second-order valence-electron chi connectivity index (χ2n) is 0.686. The van der Waals surface area contributed by atoms with Gasteiger partial charge in [0.2, 0.25) is 11.0 Å². The van der Waals surface area contributed by atoms with Gasteiger partial charge in [-0.3, -0.25) is 4.55 Å². The van der Waals surface area contributed by atoms with Gasteiger partial charge < -0.3 is 0 Å². The molecule has 42 valence electrons. The Labute approximate surface area is 32.2 Å². The van der Waals surface area contributed by atoms with Crippen LogP contribution in [0.4, 0.5) is 15.5 Å². The molecule has 6 heavy (non-hydrogen) atoms. The molecule has 0 bridgehead atoms. The van der Waals surface area contributed by atoms with Crippen LogP contribution in [0, 0.1) is 0 Å². The standard InChI is InChI=1S/F4H2OS/c1-6(2,3,4)5/h5-6H. The van der Waals surface area contributed by atoms with Crippen LogP contribution in [-0.4, -0.2) is 4.55 Å². The fourth-order valence-corrected chi connectivity index (χ4v) is 0. The van der Waals surface area contributed by atoms with E-state index in [0.29, 0.717) is 0 Å². The first-order valence-corrected chi connectivity index (χ1v) is 2.63. The molecule has 0 amide bonds. The summed E-state index contributed by atoms with van der Waals surface area (Å²) in [5, 5.41) is 0. The van der Waals surface area contributed by atoms with Crippen LogP contribution < -0.4 is 0 Å². The molecule has 0 rings (SSSR count). The van der Waals surface area contributed by atoms with Gasteiger partial charge in [0, 0.05) is 0 Å². The second kappa shape index (κ2) is 0.812. The average molecular weight is 126 g/mol. The number of thiol groups is 1. The molecule has 0 aliphatic heterocycles. The Bertz CT molecular complexity index is 40.7. The lowest BCUT2D eigenvalue weighted by atomic mass is 15.9. The van der Waals surface area contributed by atoms with Crippen molar-refractivity contribution in [2.24, 2.45) is 0 Å². The summed E-state index contributed by atoms with van der Waals surface area (Å²) in [6.45, 7) is 0. The van der Waals surface area contributed by atoms with Crippen LogP contribution >= 0.6 is 11.0 Å². The van der Waals surface area contributed by atoms with Crippen molar-refractivity contribution in [1.29, 1.82) is 0 Å². The minimum Gasteiger partial charge on any atom is -0.281 e. The van der Waals surface area contributed by atoms with Crippen molar-refractivity contribution >= 4 is 11.0 Å². The minimum atomic E-state index is -8.05. The third kappa shape index (κ3) is 41100. The molecule has 1 N–H and O–H groups in total. The third-order valence-electron chi connectivity index (χ3n) is 0. The predicted octanol–water partition coefficient (Wildman–Crippen LogP) is 2.07. The molecule has 0 heterocycles. The van der Waals surface area contributed by atoms with Crippen molar-refractivity contribution in [3.63, 3.8) is 0 Å². The van der Waals surface area contributed by atoms with Crippen molar-refractivity contribution in [2.75, 3.05) is 0 Å². The lowest BCUT2D eigenvalue weighted by Crippen LogP contribution is -1.80. The maximum atomic E-state index is 10.1. The molecule has 0 radical (unpaired) electrons. The summed E-state index contributed by atoms with van der Waals surface area (Å²) in [5.41, 5.74) is 0. The van der Waals surface area contributed by atoms with Gasteiger partial charge in [-0.1, -0.05) is 0 Å². The van der Waals surface area contributed by atoms with Crippen LogP contribution in [0.1, 0.15) is 0 Å². The van der Waals surface area contributed by atoms with Gasteiger partial charge in [-0.05, 0) is 0 Å². The largest absolute Gasteiger partial charge is 0.281 e. The Morgan fingerprint density at radius 1 is 1.00 bits per heavy atom. The maximum Gasteiger partial charge on any atom is 0.246 e. The fraction of sp³-hybridized carbons (Fsp3) is 0. The zero-order chi connectivity index (χ0) is 5.45. The van der Waals surface area contributed by atoms with Gasteiger partial charge in [-0.15, -0.1) is 15.5 Å². The van der Waals surface area contributed by atoms with Crippen molar-refractivity contribution in [3.8, 4) is 0 Å². The van der Waals surface area contributed by atoms with Crippen LogP contribution in [0.15, 0.2) is 0 Å². The second-order valence-corrected chi connectivity index (χ2v) is 2.06. The van der Waals surface area contributed by atoms with E-state index in [0.717, 1.165) is 0 Å². The molecule has 0 saturated carbocycles. The van der Waals surface area contributed by atoms with Crippen molar-refractivity contribution in [3.05, 3.63) is 0 Å². The van der Waals surface area contributed by atoms with Gasteiger partial charge in [0.05, 0.1) is 0 Å². The smallest absolute Gasteiger partial charge is 0.246 e. The normalized spacial score (nSPS) is 19.2. The maximum absolute atomic E-state index is 10.1. The summed E-state index contributed by atoms with van der Waals surface area (Å²) in [5.74, 6) is 0. The summed E-state index contributed by atoms with van der Waals surface area (Å²) in [4.78, 5) is 0. The molecule has 1 nitrogen and oxygen atoms in total. The minimum absolute atomic E-state index is 6.45. The molecule has 0 unspecified atom stereocenters. The van der Waals surface area contributed by atoms with Crippen LogP contribution in [0.25, 0.3) is 0 Å². The Balaban J connectivity index is 3.73. The quantitative estimate of drug-likeness (QED) is 0.376. The number of hydrogen-bond donors (Lipinski definition) is 2. The summed E-state index contributed by atoms with van der Waals surface area (Å²) in [7, 11) is -8.05. The first-order chi connectivity index (χ1) is 2.24. The molecular formula is H2F4OS. The van der Waals surface area contributed by atoms with E-state index in [2.05, 4.69) is 0 Å². The first kappa shape index (κ1) is 6.03. The monoisotopic (exact) mass is 126 g/mol. The molecule has 0 aromatic carbocycles. The van der Waals surface area contributed by atoms with Gasteiger partial charge in [0.15, 0.2) is 0 Å². The number of halogens is 4. The van der Waals surface area contributed by atoms with Crippen LogP contribution in [-0.2, 0) is 0 Å². The van der Waals surface area contributed by atoms with E-state index in [1.807, 2.05) is 0 Å². The van der Waals surface area contributed by atoms with Crippen molar-refractivity contribution in [2.45, 2.75) is 0 Å². The molecule has 0 aliphatic carbocycles. The molecular weight excluding hydrogens is 124 g/mol. The highest BCUT2D eigenvalue weighted by molar-refractivity contribution is 8.28. The molecule has 0 atom stereocenters. The highest BCUT2D eigenvalue weighted by Gasteiger charge is 2.30. The SMILES string of the molecule is O[SH](F)(F)(F)F. The molecule has 0 aromatic rings. The molecule has 0 saturated heterocycles. The van der Waals surface area contributed by atoms with Gasteiger partial charge in [-0.25, -0.2) is 0 Å². The van der Waals surface area contributed by atoms with E-state index in [-0.39, 0.29) is 0 Å². The van der Waals surface area contributed by atoms with Crippen LogP contribution in [0.2, 0.25) is 0 Å². The van der Waals surface area contributed by atoms with Gasteiger partial charge >= 0.3 is 0 Å². The summed E-state index contributed by atoms with van der Waals surface area (Å²) >= 11 is 0. The number of rotatable bonds is 0. The zero-order valence-electron chi connectivity index (χ0n) is 2.41. The first-order valence-electron chi connectivity index (χ1n) is 0.876. The van der Waals surface area contributed by atoms with E-state index in [1.54, 1.807) is 0 Å². The van der Waals surface area contributed by atoms with Crippen molar-refractivity contribution < 1.29 is 20.1 Å². The summed E-state index contributed by atoms with van der Waals surface area (Å²) in [6, 6.07) is 0. The Morgan fingerprint density at radius 2 is 1.00 bits per heavy atom. The molecule has 6 heteroatoms. The van der Waals surface area contributed by atoms with E-state index >= 15 is 0 Å². The average Bonchev–Trinajstić information content (AvgIpc) is 0.650. The Kier molecular flexibility index (Phi) is 0.816. The van der Waals surface area contributed by atoms with E-state index in [1.165, 1.54) is 0 Å². The fourth-order valence-electron chi connectivity index (χ4n) is 0. The van der Waals surface area contributed by atoms with Crippen molar-refractivity contribution in [1.82, 2.24) is 0 Å². The molecule has 0 aromatic heterocycles. The Morgan fingerprint density at radius 3 is 1.00 bits per heavy atom. The molecule has 0 fully saturated rings. The van der Waals surface area contributed by atoms with Gasteiger partial charge in [0.25, 0.3) is 0 Å². The highest BCUT2D eigenvalue weighted by atomic mass is 32.4. The number of hydrogen-bond acceptors (Lipinski definition) is 1. The third-order valence-corrected chi connectivity index (χ3v) is 0.